The van der Waals surface area contributed by atoms with Gasteiger partial charge in [-0.1, -0.05) is 18.2 Å². The summed E-state index contributed by atoms with van der Waals surface area (Å²) in [6, 6.07) is 5.59. The fraction of sp³-hybridized carbons (Fsp3) is 0.375. The largest absolute Gasteiger partial charge is 0.416 e. The highest BCUT2D eigenvalue weighted by molar-refractivity contribution is 5.25. The molecule has 1 heterocycles. The van der Waals surface area contributed by atoms with Crippen molar-refractivity contribution in [3.05, 3.63) is 59.7 Å². The highest BCUT2D eigenvalue weighted by atomic mass is 19.4. The average Bonchev–Trinajstić information content (AvgIpc) is 2.47. The van der Waals surface area contributed by atoms with Crippen molar-refractivity contribution in [2.75, 3.05) is 7.05 Å². The van der Waals surface area contributed by atoms with Crippen LogP contribution in [0.25, 0.3) is 0 Å². The minimum atomic E-state index is -4.31. The minimum Gasteiger partial charge on any atom is -0.299 e. The Labute approximate surface area is 127 Å². The van der Waals surface area contributed by atoms with Gasteiger partial charge in [-0.25, -0.2) is 0 Å². The van der Waals surface area contributed by atoms with E-state index < -0.39 is 11.7 Å². The van der Waals surface area contributed by atoms with Gasteiger partial charge in [-0.05, 0) is 25.6 Å². The zero-order chi connectivity index (χ0) is 16.2. The van der Waals surface area contributed by atoms with E-state index >= 15 is 0 Å². The van der Waals surface area contributed by atoms with Gasteiger partial charge in [0.1, 0.15) is 0 Å². The topological polar surface area (TPSA) is 29.0 Å². The molecule has 0 amide bonds. The molecule has 0 aliphatic rings. The van der Waals surface area contributed by atoms with E-state index in [1.165, 1.54) is 12.1 Å². The predicted octanol–water partition coefficient (Wildman–Crippen LogP) is 3.56. The lowest BCUT2D eigenvalue weighted by Crippen LogP contribution is -2.30. The fourth-order valence-electron chi connectivity index (χ4n) is 2.18. The average molecular weight is 309 g/mol. The second-order valence-electron chi connectivity index (χ2n) is 5.36. The van der Waals surface area contributed by atoms with Crippen molar-refractivity contribution in [1.29, 1.82) is 0 Å². The van der Waals surface area contributed by atoms with Gasteiger partial charge >= 0.3 is 6.18 Å². The first-order valence-corrected chi connectivity index (χ1v) is 6.97. The van der Waals surface area contributed by atoms with Crippen LogP contribution in [0.1, 0.15) is 23.7 Å². The molecule has 0 fully saturated rings. The van der Waals surface area contributed by atoms with Gasteiger partial charge in [0.05, 0.1) is 11.3 Å². The highest BCUT2D eigenvalue weighted by Crippen LogP contribution is 2.29. The molecule has 0 spiro atoms. The van der Waals surface area contributed by atoms with Crippen LogP contribution in [-0.4, -0.2) is 28.0 Å². The quantitative estimate of drug-likeness (QED) is 0.845. The molecule has 2 aromatic rings. The summed E-state index contributed by atoms with van der Waals surface area (Å²) in [5, 5.41) is 0. The smallest absolute Gasteiger partial charge is 0.299 e. The van der Waals surface area contributed by atoms with Gasteiger partial charge < -0.3 is 0 Å². The molecular weight excluding hydrogens is 291 g/mol. The van der Waals surface area contributed by atoms with E-state index in [1.807, 2.05) is 18.9 Å². The summed E-state index contributed by atoms with van der Waals surface area (Å²) in [6.45, 7) is 2.47. The molecule has 6 heteroatoms. The molecule has 1 aromatic carbocycles. The van der Waals surface area contributed by atoms with Crippen LogP contribution < -0.4 is 0 Å². The zero-order valence-corrected chi connectivity index (χ0v) is 12.5. The molecule has 0 aliphatic heterocycles. The maximum atomic E-state index is 12.7. The molecule has 0 saturated carbocycles. The van der Waals surface area contributed by atoms with Crippen LogP contribution in [0.4, 0.5) is 13.2 Å². The third kappa shape index (κ3) is 4.53. The van der Waals surface area contributed by atoms with Gasteiger partial charge in [-0.15, -0.1) is 0 Å². The van der Waals surface area contributed by atoms with Crippen LogP contribution in [0.5, 0.6) is 0 Å². The Bertz CT molecular complexity index is 599. The third-order valence-corrected chi connectivity index (χ3v) is 3.56. The monoisotopic (exact) mass is 309 g/mol. The SMILES string of the molecule is C[C@@H](Cc1cnccn1)N(C)Cc1cccc(C(F)(F)F)c1. The summed E-state index contributed by atoms with van der Waals surface area (Å²) in [5.41, 5.74) is 0.897. The molecule has 3 nitrogen and oxygen atoms in total. The van der Waals surface area contributed by atoms with Crippen LogP contribution in [0, 0.1) is 0 Å². The van der Waals surface area contributed by atoms with E-state index in [-0.39, 0.29) is 6.04 Å². The lowest BCUT2D eigenvalue weighted by molar-refractivity contribution is -0.137. The molecule has 1 aromatic heterocycles. The van der Waals surface area contributed by atoms with Crippen molar-refractivity contribution >= 4 is 0 Å². The Morgan fingerprint density at radius 3 is 2.64 bits per heavy atom. The molecule has 0 bridgehead atoms. The normalized spacial score (nSPS) is 13.4. The molecular formula is C16H18F3N3. The molecule has 1 atom stereocenters. The predicted molar refractivity (Wildman–Crippen MR) is 78.1 cm³/mol. The minimum absolute atomic E-state index is 0.145. The summed E-state index contributed by atoms with van der Waals surface area (Å²) in [4.78, 5) is 10.2. The molecule has 118 valence electrons. The summed E-state index contributed by atoms with van der Waals surface area (Å²) in [7, 11) is 1.89. The molecule has 0 saturated heterocycles. The molecule has 0 N–H and O–H groups in total. The molecule has 22 heavy (non-hydrogen) atoms. The van der Waals surface area contributed by atoms with Crippen molar-refractivity contribution < 1.29 is 13.2 Å². The van der Waals surface area contributed by atoms with E-state index in [0.29, 0.717) is 18.5 Å². The number of likely N-dealkylation sites (N-methyl/N-ethyl adjacent to an activating group) is 1. The molecule has 0 unspecified atom stereocenters. The van der Waals surface area contributed by atoms with Crippen molar-refractivity contribution in [2.45, 2.75) is 32.1 Å². The van der Waals surface area contributed by atoms with Gasteiger partial charge in [-0.2, -0.15) is 13.2 Å². The van der Waals surface area contributed by atoms with Crippen LogP contribution in [-0.2, 0) is 19.1 Å². The Morgan fingerprint density at radius 1 is 1.23 bits per heavy atom. The second kappa shape index (κ2) is 6.87. The van der Waals surface area contributed by atoms with Crippen molar-refractivity contribution in [3.8, 4) is 0 Å². The number of halogens is 3. The summed E-state index contributed by atoms with van der Waals surface area (Å²) < 4.78 is 38.2. The lowest BCUT2D eigenvalue weighted by atomic mass is 10.1. The van der Waals surface area contributed by atoms with Gasteiger partial charge in [0.25, 0.3) is 0 Å². The first-order chi connectivity index (χ1) is 10.4. The molecule has 0 radical (unpaired) electrons. The van der Waals surface area contributed by atoms with E-state index in [2.05, 4.69) is 9.97 Å². The van der Waals surface area contributed by atoms with Gasteiger partial charge in [0.2, 0.25) is 0 Å². The Balaban J connectivity index is 2.01. The highest BCUT2D eigenvalue weighted by Gasteiger charge is 2.30. The number of hydrogen-bond donors (Lipinski definition) is 0. The van der Waals surface area contributed by atoms with E-state index in [1.54, 1.807) is 24.7 Å². The van der Waals surface area contributed by atoms with Crippen LogP contribution in [0.2, 0.25) is 0 Å². The summed E-state index contributed by atoms with van der Waals surface area (Å²) in [6.07, 6.45) is 1.34. The molecule has 0 aliphatic carbocycles. The van der Waals surface area contributed by atoms with Crippen molar-refractivity contribution in [1.82, 2.24) is 14.9 Å². The van der Waals surface area contributed by atoms with Crippen LogP contribution in [0.15, 0.2) is 42.9 Å². The first kappa shape index (κ1) is 16.4. The lowest BCUT2D eigenvalue weighted by Gasteiger charge is -2.24. The summed E-state index contributed by atoms with van der Waals surface area (Å²) in [5.74, 6) is 0. The van der Waals surface area contributed by atoms with E-state index in [0.717, 1.165) is 11.8 Å². The number of benzene rings is 1. The fourth-order valence-corrected chi connectivity index (χ4v) is 2.18. The van der Waals surface area contributed by atoms with Crippen molar-refractivity contribution in [3.63, 3.8) is 0 Å². The number of alkyl halides is 3. The second-order valence-corrected chi connectivity index (χ2v) is 5.36. The third-order valence-electron chi connectivity index (χ3n) is 3.56. The van der Waals surface area contributed by atoms with Crippen LogP contribution >= 0.6 is 0 Å². The Kier molecular flexibility index (Phi) is 5.13. The van der Waals surface area contributed by atoms with Gasteiger partial charge in [0, 0.05) is 37.6 Å². The number of rotatable bonds is 5. The first-order valence-electron chi connectivity index (χ1n) is 6.97. The van der Waals surface area contributed by atoms with Gasteiger partial charge in [0.15, 0.2) is 0 Å². The Morgan fingerprint density at radius 2 is 2.00 bits per heavy atom. The van der Waals surface area contributed by atoms with E-state index in [9.17, 15) is 13.2 Å². The Hall–Kier alpha value is -1.95. The number of hydrogen-bond acceptors (Lipinski definition) is 3. The maximum absolute atomic E-state index is 12.7. The molecule has 2 rings (SSSR count). The maximum Gasteiger partial charge on any atom is 0.416 e. The standard InChI is InChI=1S/C16H18F3N3/c1-12(8-15-10-20-6-7-21-15)22(2)11-13-4-3-5-14(9-13)16(17,18)19/h3-7,9-10,12H,8,11H2,1-2H3/t12-/m0/s1. The van der Waals surface area contributed by atoms with Gasteiger partial charge in [-0.3, -0.25) is 14.9 Å². The van der Waals surface area contributed by atoms with Crippen molar-refractivity contribution in [2.24, 2.45) is 0 Å². The number of aromatic nitrogens is 2. The summed E-state index contributed by atoms with van der Waals surface area (Å²) >= 11 is 0. The van der Waals surface area contributed by atoms with Crippen LogP contribution in [0.3, 0.4) is 0 Å². The zero-order valence-electron chi connectivity index (χ0n) is 12.5. The number of nitrogens with zero attached hydrogens (tertiary/aromatic N) is 3. The van der Waals surface area contributed by atoms with E-state index in [4.69, 9.17) is 0 Å².